The highest BCUT2D eigenvalue weighted by Crippen LogP contribution is 2.13. The minimum absolute atomic E-state index is 0.0869. The zero-order valence-corrected chi connectivity index (χ0v) is 12.6. The lowest BCUT2D eigenvalue weighted by atomic mass is 10.1. The van der Waals surface area contributed by atoms with Gasteiger partial charge in [0.15, 0.2) is 0 Å². The lowest BCUT2D eigenvalue weighted by molar-refractivity contribution is -0.123. The Morgan fingerprint density at radius 3 is 2.67 bits per heavy atom. The Morgan fingerprint density at radius 2 is 2.11 bits per heavy atom. The van der Waals surface area contributed by atoms with E-state index in [2.05, 4.69) is 42.2 Å². The predicted molar refractivity (Wildman–Crippen MR) is 77.9 cm³/mol. The summed E-state index contributed by atoms with van der Waals surface area (Å²) in [7, 11) is 0. The zero-order valence-electron chi connectivity index (χ0n) is 11.7. The molecule has 1 heterocycles. The Kier molecular flexibility index (Phi) is 6.36. The molecule has 2 N–H and O–H groups in total. The Balaban J connectivity index is 2.34. The van der Waals surface area contributed by atoms with Gasteiger partial charge in [0, 0.05) is 12.6 Å². The summed E-state index contributed by atoms with van der Waals surface area (Å²) in [6, 6.07) is 0.109. The number of amides is 1. The summed E-state index contributed by atoms with van der Waals surface area (Å²) in [5, 5.41) is 10.6. The molecule has 0 spiro atoms. The molecule has 3 nitrogen and oxygen atoms in total. The first kappa shape index (κ1) is 15.2. The van der Waals surface area contributed by atoms with Crippen LogP contribution in [0.4, 0.5) is 0 Å². The fourth-order valence-corrected chi connectivity index (χ4v) is 2.65. The van der Waals surface area contributed by atoms with Gasteiger partial charge in [-0.3, -0.25) is 4.79 Å². The van der Waals surface area contributed by atoms with Crippen molar-refractivity contribution in [3.8, 4) is 0 Å². The van der Waals surface area contributed by atoms with Crippen LogP contribution in [-0.2, 0) is 11.3 Å². The number of nitrogens with one attached hydrogen (secondary N) is 2. The molecule has 4 heteroatoms. The second-order valence-electron chi connectivity index (χ2n) is 4.88. The quantitative estimate of drug-likeness (QED) is 0.798. The van der Waals surface area contributed by atoms with Crippen molar-refractivity contribution in [1.29, 1.82) is 0 Å². The third-order valence-corrected chi connectivity index (χ3v) is 3.97. The van der Waals surface area contributed by atoms with Crippen molar-refractivity contribution in [2.75, 3.05) is 0 Å². The van der Waals surface area contributed by atoms with E-state index in [1.54, 1.807) is 11.3 Å². The molecule has 0 saturated carbocycles. The third kappa shape index (κ3) is 4.78. The van der Waals surface area contributed by atoms with Gasteiger partial charge < -0.3 is 10.6 Å². The molecule has 0 radical (unpaired) electrons. The number of thiophene rings is 1. The Hall–Kier alpha value is -0.870. The topological polar surface area (TPSA) is 41.1 Å². The number of carbonyl (C=O) groups is 1. The molecule has 0 aliphatic carbocycles. The Labute approximate surface area is 114 Å². The molecule has 0 fully saturated rings. The third-order valence-electron chi connectivity index (χ3n) is 3.06. The van der Waals surface area contributed by atoms with Crippen LogP contribution in [0, 0.1) is 6.92 Å². The van der Waals surface area contributed by atoms with Gasteiger partial charge >= 0.3 is 0 Å². The van der Waals surface area contributed by atoms with Crippen LogP contribution in [0.3, 0.4) is 0 Å². The molecule has 1 rings (SSSR count). The van der Waals surface area contributed by atoms with Crippen molar-refractivity contribution >= 4 is 17.2 Å². The normalized spacial score (nSPS) is 14.2. The molecule has 2 atom stereocenters. The van der Waals surface area contributed by atoms with Crippen LogP contribution in [0.1, 0.15) is 44.7 Å². The van der Waals surface area contributed by atoms with Gasteiger partial charge in [-0.1, -0.05) is 13.3 Å². The van der Waals surface area contributed by atoms with Crippen LogP contribution in [0.25, 0.3) is 0 Å². The van der Waals surface area contributed by atoms with Crippen molar-refractivity contribution in [3.05, 3.63) is 21.9 Å². The molecule has 0 aromatic carbocycles. The van der Waals surface area contributed by atoms with Crippen molar-refractivity contribution in [2.24, 2.45) is 0 Å². The van der Waals surface area contributed by atoms with Crippen LogP contribution in [0.15, 0.2) is 10.8 Å². The van der Waals surface area contributed by atoms with Crippen LogP contribution in [0.2, 0.25) is 0 Å². The average Bonchev–Trinajstić information content (AvgIpc) is 2.72. The summed E-state index contributed by atoms with van der Waals surface area (Å²) >= 11 is 1.70. The van der Waals surface area contributed by atoms with Gasteiger partial charge in [-0.05, 0) is 49.1 Å². The van der Waals surface area contributed by atoms with E-state index in [1.807, 2.05) is 6.92 Å². The first-order chi connectivity index (χ1) is 8.54. The van der Waals surface area contributed by atoms with E-state index in [0.717, 1.165) is 19.4 Å². The maximum Gasteiger partial charge on any atom is 0.237 e. The monoisotopic (exact) mass is 268 g/mol. The lowest BCUT2D eigenvalue weighted by Crippen LogP contribution is -2.45. The summed E-state index contributed by atoms with van der Waals surface area (Å²) in [5.74, 6) is 0.0869. The van der Waals surface area contributed by atoms with E-state index >= 15 is 0 Å². The highest BCUT2D eigenvalue weighted by atomic mass is 32.1. The van der Waals surface area contributed by atoms with Crippen molar-refractivity contribution in [2.45, 2.75) is 59.2 Å². The van der Waals surface area contributed by atoms with E-state index in [0.29, 0.717) is 0 Å². The predicted octanol–water partition coefficient (Wildman–Crippen LogP) is 2.84. The van der Waals surface area contributed by atoms with Crippen molar-refractivity contribution in [3.63, 3.8) is 0 Å². The van der Waals surface area contributed by atoms with E-state index in [9.17, 15) is 4.79 Å². The first-order valence-corrected chi connectivity index (χ1v) is 7.54. The average molecular weight is 268 g/mol. The highest BCUT2D eigenvalue weighted by Gasteiger charge is 2.14. The van der Waals surface area contributed by atoms with Gasteiger partial charge in [-0.15, -0.1) is 0 Å². The standard InChI is InChI=1S/C14H24N2OS/c1-5-6-11(3)16-14(17)12(4)15-7-13-9-18-8-10(13)2/h8-9,11-12,15H,5-7H2,1-4H3,(H,16,17). The number of carbonyl (C=O) groups excluding carboxylic acids is 1. The summed E-state index contributed by atoms with van der Waals surface area (Å²) < 4.78 is 0. The van der Waals surface area contributed by atoms with E-state index in [1.165, 1.54) is 11.1 Å². The summed E-state index contributed by atoms with van der Waals surface area (Å²) in [5.41, 5.74) is 2.57. The van der Waals surface area contributed by atoms with E-state index in [-0.39, 0.29) is 18.0 Å². The number of hydrogen-bond acceptors (Lipinski definition) is 3. The number of hydrogen-bond donors (Lipinski definition) is 2. The molecular weight excluding hydrogens is 244 g/mol. The van der Waals surface area contributed by atoms with Gasteiger partial charge in [0.1, 0.15) is 0 Å². The molecule has 102 valence electrons. The molecular formula is C14H24N2OS. The Morgan fingerprint density at radius 1 is 1.39 bits per heavy atom. The first-order valence-electron chi connectivity index (χ1n) is 6.60. The maximum atomic E-state index is 11.9. The van der Waals surface area contributed by atoms with E-state index in [4.69, 9.17) is 0 Å². The van der Waals surface area contributed by atoms with Gasteiger partial charge in [0.25, 0.3) is 0 Å². The van der Waals surface area contributed by atoms with Crippen molar-refractivity contribution in [1.82, 2.24) is 10.6 Å². The lowest BCUT2D eigenvalue weighted by Gasteiger charge is -2.18. The van der Waals surface area contributed by atoms with Crippen LogP contribution in [-0.4, -0.2) is 18.0 Å². The molecule has 0 bridgehead atoms. The summed E-state index contributed by atoms with van der Waals surface area (Å²) in [6.45, 7) is 8.95. The number of aryl methyl sites for hydroxylation is 1. The fourth-order valence-electron chi connectivity index (χ4n) is 1.80. The van der Waals surface area contributed by atoms with Crippen LogP contribution >= 0.6 is 11.3 Å². The minimum atomic E-state index is -0.149. The zero-order chi connectivity index (χ0) is 13.5. The molecule has 0 saturated heterocycles. The van der Waals surface area contributed by atoms with Gasteiger partial charge in [0.2, 0.25) is 5.91 Å². The van der Waals surface area contributed by atoms with Gasteiger partial charge in [-0.25, -0.2) is 0 Å². The second-order valence-corrected chi connectivity index (χ2v) is 5.62. The minimum Gasteiger partial charge on any atom is -0.352 e. The summed E-state index contributed by atoms with van der Waals surface area (Å²) in [6.07, 6.45) is 2.12. The highest BCUT2D eigenvalue weighted by molar-refractivity contribution is 7.08. The molecule has 1 aromatic heterocycles. The summed E-state index contributed by atoms with van der Waals surface area (Å²) in [4.78, 5) is 11.9. The molecule has 2 unspecified atom stereocenters. The molecule has 18 heavy (non-hydrogen) atoms. The van der Waals surface area contributed by atoms with Crippen molar-refractivity contribution < 1.29 is 4.79 Å². The molecule has 1 aromatic rings. The maximum absolute atomic E-state index is 11.9. The molecule has 1 amide bonds. The van der Waals surface area contributed by atoms with Gasteiger partial charge in [0.05, 0.1) is 6.04 Å². The van der Waals surface area contributed by atoms with E-state index < -0.39 is 0 Å². The largest absolute Gasteiger partial charge is 0.352 e. The Bertz CT molecular complexity index is 376. The smallest absolute Gasteiger partial charge is 0.237 e. The second kappa shape index (κ2) is 7.54. The van der Waals surface area contributed by atoms with Gasteiger partial charge in [-0.2, -0.15) is 11.3 Å². The molecule has 0 aliphatic heterocycles. The molecule has 0 aliphatic rings. The SMILES string of the molecule is CCCC(C)NC(=O)C(C)NCc1cscc1C. The van der Waals surface area contributed by atoms with Crippen LogP contribution < -0.4 is 10.6 Å². The fraction of sp³-hybridized carbons (Fsp3) is 0.643. The number of rotatable bonds is 7. The van der Waals surface area contributed by atoms with Crippen LogP contribution in [0.5, 0.6) is 0 Å².